The maximum Gasteiger partial charge on any atom is 0.263 e. The Hall–Kier alpha value is -3.24. The van der Waals surface area contributed by atoms with Gasteiger partial charge in [-0.05, 0) is 62.5 Å². The lowest BCUT2D eigenvalue weighted by atomic mass is 10.3. The van der Waals surface area contributed by atoms with E-state index in [1.807, 2.05) is 24.3 Å². The molecule has 8 nitrogen and oxygen atoms in total. The Labute approximate surface area is 180 Å². The molecule has 0 bridgehead atoms. The molecule has 2 aromatic carbocycles. The number of ether oxygens (including phenoxy) is 1. The van der Waals surface area contributed by atoms with Crippen molar-refractivity contribution in [1.29, 1.82) is 0 Å². The van der Waals surface area contributed by atoms with Crippen LogP contribution in [0.25, 0.3) is 0 Å². The van der Waals surface area contributed by atoms with Crippen molar-refractivity contribution in [2.45, 2.75) is 18.7 Å². The molecule has 0 fully saturated rings. The zero-order valence-electron chi connectivity index (χ0n) is 16.6. The monoisotopic (exact) mass is 443 g/mol. The van der Waals surface area contributed by atoms with Crippen LogP contribution in [0.1, 0.15) is 11.5 Å². The standard InChI is InChI=1S/C20H21N5O3S2/c1-13-12-19(22-14(2)21-13)25-30(26,27)16-10-8-15(9-11-16)23-20(29)24-17-6-4-5-7-18(17)28-3/h4-12H,1-3H3,(H,21,22,25)(H2,23,24,29). The highest BCUT2D eigenvalue weighted by Crippen LogP contribution is 2.23. The van der Waals surface area contributed by atoms with Gasteiger partial charge in [-0.2, -0.15) is 0 Å². The van der Waals surface area contributed by atoms with Gasteiger partial charge in [0.1, 0.15) is 17.4 Å². The molecule has 10 heteroatoms. The third-order valence-corrected chi connectivity index (χ3v) is 5.56. The summed E-state index contributed by atoms with van der Waals surface area (Å²) < 4.78 is 33.0. The SMILES string of the molecule is COc1ccccc1NC(=S)Nc1ccc(S(=O)(=O)Nc2cc(C)nc(C)n2)cc1. The quantitative estimate of drug-likeness (QED) is 0.495. The number of hydrogen-bond donors (Lipinski definition) is 3. The minimum absolute atomic E-state index is 0.102. The summed E-state index contributed by atoms with van der Waals surface area (Å²) in [6.45, 7) is 3.47. The number of anilines is 3. The van der Waals surface area contributed by atoms with Crippen LogP contribution in [-0.4, -0.2) is 30.6 Å². The third-order valence-electron chi connectivity index (χ3n) is 3.98. The van der Waals surface area contributed by atoms with Crippen molar-refractivity contribution in [3.8, 4) is 5.75 Å². The van der Waals surface area contributed by atoms with E-state index in [2.05, 4.69) is 25.3 Å². The average Bonchev–Trinajstić information content (AvgIpc) is 2.67. The number of hydrogen-bond acceptors (Lipinski definition) is 6. The summed E-state index contributed by atoms with van der Waals surface area (Å²) in [6.07, 6.45) is 0. The van der Waals surface area contributed by atoms with Crippen LogP contribution in [0, 0.1) is 13.8 Å². The van der Waals surface area contributed by atoms with Crippen LogP contribution >= 0.6 is 12.2 Å². The molecule has 0 spiro atoms. The molecule has 30 heavy (non-hydrogen) atoms. The molecule has 0 amide bonds. The molecule has 3 N–H and O–H groups in total. The van der Waals surface area contributed by atoms with Gasteiger partial charge in [0.25, 0.3) is 10.0 Å². The third kappa shape index (κ3) is 5.43. The van der Waals surface area contributed by atoms with Gasteiger partial charge >= 0.3 is 0 Å². The Kier molecular flexibility index (Phi) is 6.48. The van der Waals surface area contributed by atoms with E-state index in [1.54, 1.807) is 39.2 Å². The van der Waals surface area contributed by atoms with Crippen molar-refractivity contribution in [2.75, 3.05) is 22.5 Å². The van der Waals surface area contributed by atoms with Crippen LogP contribution in [0.3, 0.4) is 0 Å². The number of nitrogens with one attached hydrogen (secondary N) is 3. The number of aryl methyl sites for hydroxylation is 2. The zero-order valence-corrected chi connectivity index (χ0v) is 18.3. The fraction of sp³-hybridized carbons (Fsp3) is 0.150. The summed E-state index contributed by atoms with van der Waals surface area (Å²) >= 11 is 5.32. The summed E-state index contributed by atoms with van der Waals surface area (Å²) in [7, 11) is -2.21. The smallest absolute Gasteiger partial charge is 0.263 e. The summed E-state index contributed by atoms with van der Waals surface area (Å²) in [5.74, 6) is 1.37. The summed E-state index contributed by atoms with van der Waals surface area (Å²) in [5.41, 5.74) is 2.03. The van der Waals surface area contributed by atoms with Crippen molar-refractivity contribution >= 4 is 44.5 Å². The molecule has 0 radical (unpaired) electrons. The van der Waals surface area contributed by atoms with E-state index >= 15 is 0 Å². The predicted octanol–water partition coefficient (Wildman–Crippen LogP) is 3.71. The topological polar surface area (TPSA) is 105 Å². The second kappa shape index (κ2) is 9.06. The number of benzene rings is 2. The largest absolute Gasteiger partial charge is 0.495 e. The summed E-state index contributed by atoms with van der Waals surface area (Å²) in [6, 6.07) is 15.2. The maximum absolute atomic E-state index is 12.6. The highest BCUT2D eigenvalue weighted by Gasteiger charge is 2.15. The van der Waals surface area contributed by atoms with Crippen LogP contribution in [-0.2, 0) is 10.0 Å². The first kappa shape index (κ1) is 21.5. The van der Waals surface area contributed by atoms with Gasteiger partial charge in [-0.1, -0.05) is 12.1 Å². The fourth-order valence-electron chi connectivity index (χ4n) is 2.72. The van der Waals surface area contributed by atoms with Gasteiger partial charge in [-0.25, -0.2) is 18.4 Å². The van der Waals surface area contributed by atoms with Gasteiger partial charge in [0.15, 0.2) is 5.11 Å². The molecule has 0 aliphatic rings. The van der Waals surface area contributed by atoms with Crippen LogP contribution < -0.4 is 20.1 Å². The van der Waals surface area contributed by atoms with E-state index < -0.39 is 10.0 Å². The zero-order chi connectivity index (χ0) is 21.7. The number of sulfonamides is 1. The van der Waals surface area contributed by atoms with E-state index in [-0.39, 0.29) is 10.7 Å². The number of rotatable bonds is 6. The number of thiocarbonyl (C=S) groups is 1. The minimum Gasteiger partial charge on any atom is -0.495 e. The van der Waals surface area contributed by atoms with E-state index in [0.29, 0.717) is 28.1 Å². The first-order chi connectivity index (χ1) is 14.3. The first-order valence-electron chi connectivity index (χ1n) is 8.93. The molecule has 0 unspecified atom stereocenters. The molecule has 3 rings (SSSR count). The Balaban J connectivity index is 1.68. The summed E-state index contributed by atoms with van der Waals surface area (Å²) in [5, 5.41) is 6.41. The van der Waals surface area contributed by atoms with Crippen LogP contribution in [0.2, 0.25) is 0 Å². The van der Waals surface area contributed by atoms with Gasteiger partial charge in [0, 0.05) is 17.4 Å². The molecule has 0 aliphatic heterocycles. The van der Waals surface area contributed by atoms with E-state index in [9.17, 15) is 8.42 Å². The van der Waals surface area contributed by atoms with E-state index in [0.717, 1.165) is 5.69 Å². The maximum atomic E-state index is 12.6. The number of nitrogens with zero attached hydrogens (tertiary/aromatic N) is 2. The van der Waals surface area contributed by atoms with Crippen LogP contribution in [0.4, 0.5) is 17.2 Å². The molecule has 1 heterocycles. The Morgan fingerprint density at radius 3 is 2.37 bits per heavy atom. The molecular formula is C20H21N5O3S2. The van der Waals surface area contributed by atoms with E-state index in [4.69, 9.17) is 17.0 Å². The average molecular weight is 444 g/mol. The lowest BCUT2D eigenvalue weighted by Crippen LogP contribution is -2.19. The van der Waals surface area contributed by atoms with Crippen molar-refractivity contribution in [2.24, 2.45) is 0 Å². The van der Waals surface area contributed by atoms with Crippen molar-refractivity contribution in [3.63, 3.8) is 0 Å². The normalized spacial score (nSPS) is 10.9. The van der Waals surface area contributed by atoms with Crippen molar-refractivity contribution in [3.05, 3.63) is 66.1 Å². The number of para-hydroxylation sites is 2. The van der Waals surface area contributed by atoms with Gasteiger partial charge in [-0.15, -0.1) is 0 Å². The Morgan fingerprint density at radius 2 is 1.70 bits per heavy atom. The molecule has 3 aromatic rings. The molecule has 0 saturated heterocycles. The van der Waals surface area contributed by atoms with Gasteiger partial charge in [-0.3, -0.25) is 4.72 Å². The van der Waals surface area contributed by atoms with Crippen LogP contribution in [0.5, 0.6) is 5.75 Å². The Morgan fingerprint density at radius 1 is 1.00 bits per heavy atom. The van der Waals surface area contributed by atoms with Gasteiger partial charge in [0.2, 0.25) is 0 Å². The molecule has 156 valence electrons. The van der Waals surface area contributed by atoms with Crippen molar-refractivity contribution < 1.29 is 13.2 Å². The molecule has 0 atom stereocenters. The second-order valence-corrected chi connectivity index (χ2v) is 8.44. The predicted molar refractivity (Wildman–Crippen MR) is 122 cm³/mol. The summed E-state index contributed by atoms with van der Waals surface area (Å²) in [4.78, 5) is 8.35. The highest BCUT2D eigenvalue weighted by molar-refractivity contribution is 7.92. The lowest BCUT2D eigenvalue weighted by molar-refractivity contribution is 0.417. The second-order valence-electron chi connectivity index (χ2n) is 6.35. The van der Waals surface area contributed by atoms with Crippen molar-refractivity contribution in [1.82, 2.24) is 9.97 Å². The van der Waals surface area contributed by atoms with Gasteiger partial charge in [0.05, 0.1) is 17.7 Å². The van der Waals surface area contributed by atoms with Gasteiger partial charge < -0.3 is 15.4 Å². The minimum atomic E-state index is -3.78. The lowest BCUT2D eigenvalue weighted by Gasteiger charge is -2.14. The van der Waals surface area contributed by atoms with E-state index in [1.165, 1.54) is 12.1 Å². The number of methoxy groups -OCH3 is 1. The molecule has 0 aliphatic carbocycles. The number of aromatic nitrogens is 2. The highest BCUT2D eigenvalue weighted by atomic mass is 32.2. The first-order valence-corrected chi connectivity index (χ1v) is 10.8. The Bertz CT molecular complexity index is 1150. The van der Waals surface area contributed by atoms with Crippen LogP contribution in [0.15, 0.2) is 59.5 Å². The molecule has 1 aromatic heterocycles. The molecule has 0 saturated carbocycles. The molecular weight excluding hydrogens is 422 g/mol. The fourth-order valence-corrected chi connectivity index (χ4v) is 3.94.